The van der Waals surface area contributed by atoms with Crippen LogP contribution in [0.4, 0.5) is 0 Å². The number of sulfonamides is 1. The molecule has 8 nitrogen and oxygen atoms in total. The largest absolute Gasteiger partial charge is 0.493 e. The van der Waals surface area contributed by atoms with E-state index in [1.165, 1.54) is 4.31 Å². The fraction of sp³-hybridized carbons (Fsp3) is 0.375. The van der Waals surface area contributed by atoms with Crippen molar-refractivity contribution >= 4 is 26.8 Å². The summed E-state index contributed by atoms with van der Waals surface area (Å²) in [5.41, 5.74) is 1.80. The number of benzene rings is 2. The summed E-state index contributed by atoms with van der Waals surface area (Å²) in [6, 6.07) is 12.6. The van der Waals surface area contributed by atoms with Gasteiger partial charge in [-0.25, -0.2) is 8.42 Å². The molecule has 0 bridgehead atoms. The average Bonchev–Trinajstić information content (AvgIpc) is 3.22. The predicted octanol–water partition coefficient (Wildman–Crippen LogP) is 2.91. The number of hydrogen-bond acceptors (Lipinski definition) is 5. The van der Waals surface area contributed by atoms with Crippen molar-refractivity contribution < 1.29 is 22.7 Å². The van der Waals surface area contributed by atoms with E-state index in [1.807, 2.05) is 42.1 Å². The van der Waals surface area contributed by atoms with Gasteiger partial charge in [-0.05, 0) is 43.2 Å². The predicted molar refractivity (Wildman–Crippen MR) is 126 cm³/mol. The van der Waals surface area contributed by atoms with Crippen LogP contribution < -0.4 is 14.8 Å². The highest BCUT2D eigenvalue weighted by Crippen LogP contribution is 2.31. The average molecular weight is 472 g/mol. The number of nitrogens with zero attached hydrogens (tertiary/aromatic N) is 2. The first kappa shape index (κ1) is 23.1. The molecule has 9 heteroatoms. The molecule has 1 aliphatic heterocycles. The summed E-state index contributed by atoms with van der Waals surface area (Å²) in [6.07, 6.45) is 2.87. The number of hydrogen-bond donors (Lipinski definition) is 1. The lowest BCUT2D eigenvalue weighted by Gasteiger charge is -2.30. The number of para-hydroxylation sites is 1. The Labute approximate surface area is 194 Å². The third-order valence-electron chi connectivity index (χ3n) is 6.26. The first-order valence-corrected chi connectivity index (χ1v) is 12.3. The number of aromatic nitrogens is 1. The normalized spacial score (nSPS) is 15.5. The van der Waals surface area contributed by atoms with Gasteiger partial charge < -0.3 is 19.4 Å². The number of rotatable bonds is 7. The lowest BCUT2D eigenvalue weighted by atomic mass is 9.97. The molecule has 33 heavy (non-hydrogen) atoms. The van der Waals surface area contributed by atoms with Crippen LogP contribution >= 0.6 is 0 Å². The van der Waals surface area contributed by atoms with Crippen molar-refractivity contribution in [1.82, 2.24) is 14.2 Å². The zero-order valence-electron chi connectivity index (χ0n) is 19.1. The van der Waals surface area contributed by atoms with Crippen LogP contribution in [0.15, 0.2) is 53.6 Å². The van der Waals surface area contributed by atoms with E-state index in [0.717, 1.165) is 16.5 Å². The monoisotopic (exact) mass is 471 g/mol. The summed E-state index contributed by atoms with van der Waals surface area (Å²) in [5.74, 6) is 0.889. The van der Waals surface area contributed by atoms with Crippen LogP contribution in [0.3, 0.4) is 0 Å². The second kappa shape index (κ2) is 9.44. The van der Waals surface area contributed by atoms with Crippen molar-refractivity contribution in [1.29, 1.82) is 0 Å². The standard InChI is InChI=1S/C24H29N3O5S/c1-26-12-9-18-15-20(7-8-21(18)26)33(29,30)27-13-10-17(11-14-27)24(28)25-16-19-5-4-6-22(31-2)23(19)32-3/h4-9,12,15,17H,10-11,13-14,16H2,1-3H3,(H,25,28). The minimum absolute atomic E-state index is 0.0809. The van der Waals surface area contributed by atoms with E-state index >= 15 is 0 Å². The lowest BCUT2D eigenvalue weighted by molar-refractivity contribution is -0.126. The van der Waals surface area contributed by atoms with Crippen molar-refractivity contribution in [3.8, 4) is 11.5 Å². The van der Waals surface area contributed by atoms with Gasteiger partial charge in [-0.2, -0.15) is 4.31 Å². The van der Waals surface area contributed by atoms with E-state index in [0.29, 0.717) is 44.0 Å². The van der Waals surface area contributed by atoms with Crippen LogP contribution in [-0.4, -0.2) is 50.5 Å². The maximum Gasteiger partial charge on any atom is 0.243 e. The molecule has 0 unspecified atom stereocenters. The maximum absolute atomic E-state index is 13.1. The fourth-order valence-corrected chi connectivity index (χ4v) is 5.85. The van der Waals surface area contributed by atoms with Crippen molar-refractivity contribution in [3.05, 3.63) is 54.2 Å². The zero-order valence-corrected chi connectivity index (χ0v) is 19.9. The molecule has 4 rings (SSSR count). The Kier molecular flexibility index (Phi) is 6.62. The van der Waals surface area contributed by atoms with Gasteiger partial charge in [0.15, 0.2) is 11.5 Å². The number of piperidine rings is 1. The first-order chi connectivity index (χ1) is 15.8. The number of carbonyl (C=O) groups is 1. The van der Waals surface area contributed by atoms with Crippen molar-refractivity contribution in [2.45, 2.75) is 24.3 Å². The lowest BCUT2D eigenvalue weighted by Crippen LogP contribution is -2.42. The topological polar surface area (TPSA) is 89.9 Å². The van der Waals surface area contributed by atoms with Gasteiger partial charge in [0.2, 0.25) is 15.9 Å². The Morgan fingerprint density at radius 1 is 1.09 bits per heavy atom. The van der Waals surface area contributed by atoms with Gasteiger partial charge in [-0.1, -0.05) is 12.1 Å². The molecule has 0 atom stereocenters. The van der Waals surface area contributed by atoms with Crippen molar-refractivity contribution in [3.63, 3.8) is 0 Å². The molecule has 1 aromatic heterocycles. The summed E-state index contributed by atoms with van der Waals surface area (Å²) in [7, 11) is 1.46. The molecule has 176 valence electrons. The van der Waals surface area contributed by atoms with E-state index < -0.39 is 10.0 Å². The summed E-state index contributed by atoms with van der Waals surface area (Å²) < 4.78 is 40.5. The van der Waals surface area contributed by atoms with Crippen LogP contribution in [0.2, 0.25) is 0 Å². The van der Waals surface area contributed by atoms with Gasteiger partial charge in [-0.15, -0.1) is 0 Å². The molecular weight excluding hydrogens is 442 g/mol. The molecule has 0 saturated carbocycles. The van der Waals surface area contributed by atoms with E-state index in [-0.39, 0.29) is 16.7 Å². The number of carbonyl (C=O) groups excluding carboxylic acids is 1. The second-order valence-corrected chi connectivity index (χ2v) is 10.1. The minimum Gasteiger partial charge on any atom is -0.493 e. The SMILES string of the molecule is COc1cccc(CNC(=O)C2CCN(S(=O)(=O)c3ccc4c(ccn4C)c3)CC2)c1OC. The number of nitrogens with one attached hydrogen (secondary N) is 1. The van der Waals surface area contributed by atoms with E-state index in [9.17, 15) is 13.2 Å². The molecule has 2 aromatic carbocycles. The highest BCUT2D eigenvalue weighted by Gasteiger charge is 2.32. The van der Waals surface area contributed by atoms with Crippen molar-refractivity contribution in [2.75, 3.05) is 27.3 Å². The van der Waals surface area contributed by atoms with Crippen LogP contribution in [0.25, 0.3) is 10.9 Å². The highest BCUT2D eigenvalue weighted by molar-refractivity contribution is 7.89. The highest BCUT2D eigenvalue weighted by atomic mass is 32.2. The summed E-state index contributed by atoms with van der Waals surface area (Å²) >= 11 is 0. The fourth-order valence-electron chi connectivity index (χ4n) is 4.35. The van der Waals surface area contributed by atoms with Crippen LogP contribution in [0, 0.1) is 5.92 Å². The Morgan fingerprint density at radius 2 is 1.85 bits per heavy atom. The first-order valence-electron chi connectivity index (χ1n) is 10.9. The van der Waals surface area contributed by atoms with E-state index in [2.05, 4.69) is 5.32 Å². The quantitative estimate of drug-likeness (QED) is 0.572. The Morgan fingerprint density at radius 3 is 2.55 bits per heavy atom. The number of methoxy groups -OCH3 is 2. The Hall–Kier alpha value is -3.04. The molecule has 1 amide bonds. The Bertz CT molecular complexity index is 1260. The van der Waals surface area contributed by atoms with Crippen LogP contribution in [0.5, 0.6) is 11.5 Å². The molecule has 3 aromatic rings. The number of fused-ring (bicyclic) bond motifs is 1. The number of amides is 1. The molecular formula is C24H29N3O5S. The summed E-state index contributed by atoms with van der Waals surface area (Å²) in [6.45, 7) is 0.945. The van der Waals surface area contributed by atoms with Gasteiger partial charge in [-0.3, -0.25) is 4.79 Å². The van der Waals surface area contributed by atoms with Gasteiger partial charge in [0.1, 0.15) is 0 Å². The molecule has 0 aliphatic carbocycles. The van der Waals surface area contributed by atoms with Gasteiger partial charge in [0.05, 0.1) is 19.1 Å². The van der Waals surface area contributed by atoms with Gasteiger partial charge in [0, 0.05) is 55.3 Å². The van der Waals surface area contributed by atoms with Crippen LogP contribution in [0.1, 0.15) is 18.4 Å². The zero-order chi connectivity index (χ0) is 23.6. The van der Waals surface area contributed by atoms with Gasteiger partial charge >= 0.3 is 0 Å². The molecule has 0 radical (unpaired) electrons. The number of ether oxygens (including phenoxy) is 2. The molecule has 1 fully saturated rings. The van der Waals surface area contributed by atoms with E-state index in [4.69, 9.17) is 9.47 Å². The van der Waals surface area contributed by atoms with Gasteiger partial charge in [0.25, 0.3) is 0 Å². The molecule has 1 aliphatic rings. The molecule has 1 saturated heterocycles. The van der Waals surface area contributed by atoms with Crippen molar-refractivity contribution in [2.24, 2.45) is 13.0 Å². The Balaban J connectivity index is 1.37. The molecule has 0 spiro atoms. The third-order valence-corrected chi connectivity index (χ3v) is 8.15. The summed E-state index contributed by atoms with van der Waals surface area (Å²) in [5, 5.41) is 3.85. The van der Waals surface area contributed by atoms with Crippen LogP contribution in [-0.2, 0) is 28.4 Å². The summed E-state index contributed by atoms with van der Waals surface area (Å²) in [4.78, 5) is 13.0. The number of aryl methyl sites for hydroxylation is 1. The smallest absolute Gasteiger partial charge is 0.243 e. The van der Waals surface area contributed by atoms with E-state index in [1.54, 1.807) is 32.4 Å². The third kappa shape index (κ3) is 4.56. The molecule has 1 N–H and O–H groups in total. The minimum atomic E-state index is -3.60. The molecule has 2 heterocycles. The maximum atomic E-state index is 13.1. The second-order valence-electron chi connectivity index (χ2n) is 8.20.